The molecule has 3 aromatic rings. The van der Waals surface area contributed by atoms with Gasteiger partial charge in [0.2, 0.25) is 0 Å². The van der Waals surface area contributed by atoms with Crippen molar-refractivity contribution >= 4 is 21.6 Å². The van der Waals surface area contributed by atoms with E-state index >= 15 is 0 Å². The van der Waals surface area contributed by atoms with E-state index in [0.717, 1.165) is 18.6 Å². The second-order valence-corrected chi connectivity index (χ2v) is 9.54. The van der Waals surface area contributed by atoms with Crippen LogP contribution >= 0.6 is 0 Å². The van der Waals surface area contributed by atoms with Gasteiger partial charge in [0.1, 0.15) is 5.75 Å². The maximum atomic E-state index is 13.0. The van der Waals surface area contributed by atoms with Gasteiger partial charge < -0.3 is 9.64 Å². The number of ether oxygens (including phenoxy) is 1. The average Bonchev–Trinajstić information content (AvgIpc) is 2.84. The molecule has 166 valence electrons. The number of hydrogen-bond acceptors (Lipinski definition) is 4. The molecule has 4 rings (SSSR count). The first-order chi connectivity index (χ1) is 15.5. The number of benzene rings is 3. The van der Waals surface area contributed by atoms with Crippen LogP contribution < -0.4 is 9.46 Å². The van der Waals surface area contributed by atoms with Crippen molar-refractivity contribution in [2.24, 2.45) is 5.92 Å². The second kappa shape index (κ2) is 9.87. The summed E-state index contributed by atoms with van der Waals surface area (Å²) in [7, 11) is -3.71. The third-order valence-corrected chi connectivity index (χ3v) is 6.94. The van der Waals surface area contributed by atoms with Crippen LogP contribution in [-0.2, 0) is 10.0 Å². The summed E-state index contributed by atoms with van der Waals surface area (Å²) >= 11 is 0. The monoisotopic (exact) mass is 450 g/mol. The summed E-state index contributed by atoms with van der Waals surface area (Å²) < 4.78 is 33.5. The second-order valence-electron chi connectivity index (χ2n) is 7.86. The quantitative estimate of drug-likeness (QED) is 0.578. The molecule has 0 bridgehead atoms. The molecule has 32 heavy (non-hydrogen) atoms. The summed E-state index contributed by atoms with van der Waals surface area (Å²) in [6.45, 7) is 1.95. The van der Waals surface area contributed by atoms with Gasteiger partial charge in [0.25, 0.3) is 15.9 Å². The van der Waals surface area contributed by atoms with Crippen molar-refractivity contribution < 1.29 is 17.9 Å². The number of anilines is 1. The minimum absolute atomic E-state index is 0.0896. The molecule has 7 heteroatoms. The molecular weight excluding hydrogens is 424 g/mol. The zero-order chi connectivity index (χ0) is 22.4. The molecule has 0 radical (unpaired) electrons. The molecule has 1 fully saturated rings. The van der Waals surface area contributed by atoms with Gasteiger partial charge in [-0.1, -0.05) is 42.5 Å². The Hall–Kier alpha value is -3.32. The molecule has 1 amide bonds. The third kappa shape index (κ3) is 5.48. The van der Waals surface area contributed by atoms with Gasteiger partial charge in [-0.25, -0.2) is 8.42 Å². The lowest BCUT2D eigenvalue weighted by Gasteiger charge is -2.32. The van der Waals surface area contributed by atoms with E-state index < -0.39 is 10.0 Å². The zero-order valence-corrected chi connectivity index (χ0v) is 18.5. The maximum Gasteiger partial charge on any atom is 0.261 e. The molecule has 6 nitrogen and oxygen atoms in total. The predicted octanol–water partition coefficient (Wildman–Crippen LogP) is 4.42. The first-order valence-corrected chi connectivity index (χ1v) is 12.1. The Labute approximate surface area is 188 Å². The van der Waals surface area contributed by atoms with Crippen LogP contribution in [0.5, 0.6) is 5.75 Å². The molecule has 0 saturated carbocycles. The number of carbonyl (C=O) groups excluding carboxylic acids is 1. The highest BCUT2D eigenvalue weighted by atomic mass is 32.2. The zero-order valence-electron chi connectivity index (χ0n) is 17.7. The first kappa shape index (κ1) is 21.9. The van der Waals surface area contributed by atoms with E-state index in [9.17, 15) is 13.2 Å². The topological polar surface area (TPSA) is 75.7 Å². The number of piperidine rings is 1. The molecule has 1 aliphatic rings. The first-order valence-electron chi connectivity index (χ1n) is 10.7. The minimum Gasteiger partial charge on any atom is -0.493 e. The summed E-state index contributed by atoms with van der Waals surface area (Å²) in [6.07, 6.45) is 1.75. The number of sulfonamides is 1. The van der Waals surface area contributed by atoms with Gasteiger partial charge in [-0.2, -0.15) is 0 Å². The van der Waals surface area contributed by atoms with Crippen LogP contribution in [0.3, 0.4) is 0 Å². The van der Waals surface area contributed by atoms with Gasteiger partial charge in [-0.05, 0) is 61.2 Å². The van der Waals surface area contributed by atoms with Crippen molar-refractivity contribution in [3.63, 3.8) is 0 Å². The maximum absolute atomic E-state index is 13.0. The molecule has 1 N–H and O–H groups in total. The van der Waals surface area contributed by atoms with Crippen molar-refractivity contribution in [3.05, 3.63) is 90.5 Å². The third-order valence-electron chi connectivity index (χ3n) is 5.55. The Kier molecular flexibility index (Phi) is 6.75. The van der Waals surface area contributed by atoms with Crippen LogP contribution in [0.25, 0.3) is 0 Å². The van der Waals surface area contributed by atoms with Crippen LogP contribution in [0.2, 0.25) is 0 Å². The van der Waals surface area contributed by atoms with Crippen molar-refractivity contribution in [3.8, 4) is 5.75 Å². The number of carbonyl (C=O) groups is 1. The highest BCUT2D eigenvalue weighted by Gasteiger charge is 2.24. The van der Waals surface area contributed by atoms with Gasteiger partial charge in [-0.3, -0.25) is 9.52 Å². The SMILES string of the molecule is O=C(c1cccc(NS(=O)(=O)c2ccccc2)c1)N1CCC(COc2ccccc2)CC1. The van der Waals surface area contributed by atoms with E-state index in [2.05, 4.69) is 4.72 Å². The number of amides is 1. The van der Waals surface area contributed by atoms with E-state index in [0.29, 0.717) is 36.9 Å². The van der Waals surface area contributed by atoms with Crippen LogP contribution in [-0.4, -0.2) is 38.9 Å². The number of para-hydroxylation sites is 1. The number of rotatable bonds is 7. The molecule has 0 spiro atoms. The van der Waals surface area contributed by atoms with Crippen molar-refractivity contribution in [2.75, 3.05) is 24.4 Å². The van der Waals surface area contributed by atoms with Gasteiger partial charge in [0.15, 0.2) is 0 Å². The van der Waals surface area contributed by atoms with Gasteiger partial charge in [-0.15, -0.1) is 0 Å². The average molecular weight is 451 g/mol. The lowest BCUT2D eigenvalue weighted by molar-refractivity contribution is 0.0661. The van der Waals surface area contributed by atoms with E-state index in [4.69, 9.17) is 4.74 Å². The fourth-order valence-corrected chi connectivity index (χ4v) is 4.82. The summed E-state index contributed by atoms with van der Waals surface area (Å²) in [6, 6.07) is 24.5. The molecule has 0 aliphatic carbocycles. The smallest absolute Gasteiger partial charge is 0.261 e. The summed E-state index contributed by atoms with van der Waals surface area (Å²) in [5.41, 5.74) is 0.836. The minimum atomic E-state index is -3.71. The van der Waals surface area contributed by atoms with E-state index in [1.54, 1.807) is 42.5 Å². The Bertz CT molecular complexity index is 1140. The van der Waals surface area contributed by atoms with Crippen LogP contribution in [0.15, 0.2) is 89.8 Å². The van der Waals surface area contributed by atoms with Gasteiger partial charge in [0.05, 0.1) is 11.5 Å². The van der Waals surface area contributed by atoms with Crippen molar-refractivity contribution in [1.29, 1.82) is 0 Å². The van der Waals surface area contributed by atoms with E-state index in [1.807, 2.05) is 35.2 Å². The fraction of sp³-hybridized carbons (Fsp3) is 0.240. The number of nitrogens with one attached hydrogen (secondary N) is 1. The molecule has 1 heterocycles. The lowest BCUT2D eigenvalue weighted by Crippen LogP contribution is -2.39. The Morgan fingerprint density at radius 2 is 1.56 bits per heavy atom. The van der Waals surface area contributed by atoms with E-state index in [1.165, 1.54) is 12.1 Å². The molecule has 0 atom stereocenters. The Balaban J connectivity index is 1.34. The summed E-state index contributed by atoms with van der Waals surface area (Å²) in [4.78, 5) is 15.0. The fourth-order valence-electron chi connectivity index (χ4n) is 3.75. The molecule has 0 unspecified atom stereocenters. The van der Waals surface area contributed by atoms with Gasteiger partial charge in [0, 0.05) is 24.3 Å². The molecule has 0 aromatic heterocycles. The number of likely N-dealkylation sites (tertiary alicyclic amines) is 1. The molecule has 1 saturated heterocycles. The summed E-state index contributed by atoms with van der Waals surface area (Å²) in [5.74, 6) is 1.18. The number of nitrogens with zero attached hydrogens (tertiary/aromatic N) is 1. The molecule has 3 aromatic carbocycles. The molecule has 1 aliphatic heterocycles. The van der Waals surface area contributed by atoms with E-state index in [-0.39, 0.29) is 10.8 Å². The highest BCUT2D eigenvalue weighted by molar-refractivity contribution is 7.92. The van der Waals surface area contributed by atoms with Crippen LogP contribution in [0.1, 0.15) is 23.2 Å². The van der Waals surface area contributed by atoms with Crippen LogP contribution in [0, 0.1) is 5.92 Å². The molecular formula is C25H26N2O4S. The van der Waals surface area contributed by atoms with Crippen molar-refractivity contribution in [2.45, 2.75) is 17.7 Å². The Morgan fingerprint density at radius 1 is 0.906 bits per heavy atom. The summed E-state index contributed by atoms with van der Waals surface area (Å²) in [5, 5.41) is 0. The normalized spacial score (nSPS) is 14.7. The lowest BCUT2D eigenvalue weighted by atomic mass is 9.97. The van der Waals surface area contributed by atoms with Gasteiger partial charge >= 0.3 is 0 Å². The predicted molar refractivity (Wildman–Crippen MR) is 124 cm³/mol. The highest BCUT2D eigenvalue weighted by Crippen LogP contribution is 2.22. The van der Waals surface area contributed by atoms with Crippen LogP contribution in [0.4, 0.5) is 5.69 Å². The largest absolute Gasteiger partial charge is 0.493 e. The van der Waals surface area contributed by atoms with Crippen molar-refractivity contribution in [1.82, 2.24) is 4.90 Å². The Morgan fingerprint density at radius 3 is 2.25 bits per heavy atom. The standard InChI is InChI=1S/C25H26N2O4S/c28-25(27-16-14-20(15-17-27)19-31-23-10-3-1-4-11-23)21-8-7-9-22(18-21)26-32(29,30)24-12-5-2-6-13-24/h1-13,18,20,26H,14-17,19H2. The number of hydrogen-bond donors (Lipinski definition) is 1.